The van der Waals surface area contributed by atoms with E-state index in [9.17, 15) is 4.79 Å². The summed E-state index contributed by atoms with van der Waals surface area (Å²) in [6.45, 7) is 2.57. The van der Waals surface area contributed by atoms with Gasteiger partial charge in [0.1, 0.15) is 0 Å². The molecule has 1 aromatic carbocycles. The first-order valence-electron chi connectivity index (χ1n) is 4.48. The molecule has 1 N–H and O–H groups in total. The first kappa shape index (κ1) is 12.0. The van der Waals surface area contributed by atoms with Gasteiger partial charge in [0.2, 0.25) is 0 Å². The van der Waals surface area contributed by atoms with Crippen molar-refractivity contribution in [1.82, 2.24) is 4.57 Å². The van der Waals surface area contributed by atoms with Crippen LogP contribution in [-0.2, 0) is 27.6 Å². The van der Waals surface area contributed by atoms with E-state index in [-0.39, 0.29) is 26.8 Å². The Hall–Kier alpha value is -1.08. The van der Waals surface area contributed by atoms with Gasteiger partial charge in [-0.15, -0.1) is 23.6 Å². The van der Waals surface area contributed by atoms with E-state index in [0.29, 0.717) is 6.54 Å². The maximum absolute atomic E-state index is 10.9. The van der Waals surface area contributed by atoms with Gasteiger partial charge in [-0.25, -0.2) is 0 Å². The minimum atomic E-state index is -0.928. The molecule has 0 aliphatic heterocycles. The molecule has 0 amide bonds. The van der Waals surface area contributed by atoms with E-state index in [2.05, 4.69) is 6.07 Å². The van der Waals surface area contributed by atoms with Crippen LogP contribution in [0.25, 0.3) is 10.9 Å². The number of fused-ring (bicyclic) bond motifs is 1. The Balaban J connectivity index is 0.00000112. The molecule has 4 heteroatoms. The average molecular weight is 372 g/mol. The summed E-state index contributed by atoms with van der Waals surface area (Å²) in [5, 5.41) is 9.80. The third kappa shape index (κ3) is 1.98. The second kappa shape index (κ2) is 4.63. The van der Waals surface area contributed by atoms with Gasteiger partial charge in [0.15, 0.2) is 0 Å². The molecule has 78 valence electrons. The molecule has 0 atom stereocenters. The topological polar surface area (TPSA) is 42.2 Å². The van der Waals surface area contributed by atoms with Crippen LogP contribution in [0.15, 0.2) is 24.3 Å². The summed E-state index contributed by atoms with van der Waals surface area (Å²) in [6.07, 6.45) is 0. The molecule has 0 bridgehead atoms. The van der Waals surface area contributed by atoms with E-state index < -0.39 is 5.97 Å². The van der Waals surface area contributed by atoms with Crippen molar-refractivity contribution >= 4 is 16.9 Å². The molecule has 0 aliphatic rings. The van der Waals surface area contributed by atoms with Crippen LogP contribution in [0.2, 0.25) is 0 Å². The average Bonchev–Trinajstić information content (AvgIpc) is 2.56. The van der Waals surface area contributed by atoms with Gasteiger partial charge in [-0.1, -0.05) is 12.1 Å². The first-order chi connectivity index (χ1) is 6.74. The van der Waals surface area contributed by atoms with Crippen LogP contribution in [-0.4, -0.2) is 15.6 Å². The van der Waals surface area contributed by atoms with E-state index in [1.807, 2.05) is 31.2 Å². The zero-order valence-corrected chi connectivity index (χ0v) is 11.2. The zero-order valence-electron chi connectivity index (χ0n) is 8.23. The molecule has 0 unspecified atom stereocenters. The number of carbonyl (C=O) groups is 1. The molecular weight excluding hydrogens is 362 g/mol. The number of para-hydroxylation sites is 1. The Bertz CT molecular complexity index is 490. The van der Waals surface area contributed by atoms with E-state index in [1.54, 1.807) is 4.57 Å². The minimum Gasteiger partial charge on any atom is -0.520 e. The Morgan fingerprint density at radius 1 is 1.47 bits per heavy atom. The van der Waals surface area contributed by atoms with Crippen LogP contribution in [0.5, 0.6) is 0 Å². The maximum atomic E-state index is 10.9. The fourth-order valence-electron chi connectivity index (χ4n) is 1.63. The summed E-state index contributed by atoms with van der Waals surface area (Å²) in [7, 11) is 0. The van der Waals surface area contributed by atoms with E-state index in [0.717, 1.165) is 10.9 Å². The Morgan fingerprint density at radius 2 is 2.13 bits per heavy atom. The zero-order chi connectivity index (χ0) is 10.1. The molecular formula is C11H10NO2W-. The summed E-state index contributed by atoms with van der Waals surface area (Å²) < 4.78 is 1.75. The predicted octanol–water partition coefficient (Wildman–Crippen LogP) is 2.16. The summed E-state index contributed by atoms with van der Waals surface area (Å²) in [4.78, 5) is 10.9. The Morgan fingerprint density at radius 3 is 2.73 bits per heavy atom. The Labute approximate surface area is 102 Å². The molecule has 0 saturated carbocycles. The smallest absolute Gasteiger partial charge is 0.272 e. The van der Waals surface area contributed by atoms with E-state index >= 15 is 0 Å². The number of nitrogens with zero attached hydrogens (tertiary/aromatic N) is 1. The van der Waals surface area contributed by atoms with Gasteiger partial charge >= 0.3 is 0 Å². The van der Waals surface area contributed by atoms with Crippen molar-refractivity contribution < 1.29 is 31.0 Å². The number of hydrogen-bond donors (Lipinski definition) is 1. The SMILES string of the molecule is CCn1c(C(=O)O)[c-]c2ccccc21.[W]. The third-order valence-electron chi connectivity index (χ3n) is 2.24. The van der Waals surface area contributed by atoms with Crippen molar-refractivity contribution in [2.75, 3.05) is 0 Å². The van der Waals surface area contributed by atoms with E-state index in [4.69, 9.17) is 5.11 Å². The second-order valence-corrected chi connectivity index (χ2v) is 3.04. The van der Waals surface area contributed by atoms with Crippen LogP contribution in [0, 0.1) is 6.07 Å². The molecule has 2 aromatic rings. The molecule has 0 fully saturated rings. The number of aryl methyl sites for hydroxylation is 1. The fourth-order valence-corrected chi connectivity index (χ4v) is 1.63. The largest absolute Gasteiger partial charge is 0.520 e. The van der Waals surface area contributed by atoms with Crippen molar-refractivity contribution in [3.05, 3.63) is 36.0 Å². The quantitative estimate of drug-likeness (QED) is 0.822. The molecule has 0 saturated heterocycles. The number of carboxylic acids is 1. The third-order valence-corrected chi connectivity index (χ3v) is 2.24. The number of rotatable bonds is 2. The minimum absolute atomic E-state index is 0. The summed E-state index contributed by atoms with van der Waals surface area (Å²) >= 11 is 0. The van der Waals surface area contributed by atoms with Gasteiger partial charge < -0.3 is 14.5 Å². The molecule has 2 rings (SSSR count). The van der Waals surface area contributed by atoms with Crippen molar-refractivity contribution in [1.29, 1.82) is 0 Å². The number of benzene rings is 1. The van der Waals surface area contributed by atoms with Gasteiger partial charge in [0.05, 0.1) is 0 Å². The standard InChI is InChI=1S/C11H10NO2.W/c1-2-12-9-6-4-3-5-8(9)7-10(12)11(13)14;/h3-6H,2H2,1H3,(H,13,14);/q-1;. The van der Waals surface area contributed by atoms with Gasteiger partial charge in [-0.05, 0) is 12.4 Å². The number of hydrogen-bond acceptors (Lipinski definition) is 1. The summed E-state index contributed by atoms with van der Waals surface area (Å²) in [5.74, 6) is -0.928. The molecule has 0 radical (unpaired) electrons. The van der Waals surface area contributed by atoms with Crippen molar-refractivity contribution in [3.8, 4) is 0 Å². The molecule has 15 heavy (non-hydrogen) atoms. The van der Waals surface area contributed by atoms with Gasteiger partial charge in [0, 0.05) is 33.3 Å². The Kier molecular flexibility index (Phi) is 3.70. The summed E-state index contributed by atoms with van der Waals surface area (Å²) in [6, 6.07) is 10.4. The number of carboxylic acid groups (broad SMARTS) is 1. The molecule has 3 nitrogen and oxygen atoms in total. The number of aromatic nitrogens is 1. The van der Waals surface area contributed by atoms with E-state index in [1.165, 1.54) is 0 Å². The van der Waals surface area contributed by atoms with Crippen molar-refractivity contribution in [2.24, 2.45) is 0 Å². The van der Waals surface area contributed by atoms with Crippen LogP contribution in [0.4, 0.5) is 0 Å². The van der Waals surface area contributed by atoms with Crippen LogP contribution in [0.1, 0.15) is 17.4 Å². The monoisotopic (exact) mass is 372 g/mol. The van der Waals surface area contributed by atoms with Crippen LogP contribution in [0.3, 0.4) is 0 Å². The van der Waals surface area contributed by atoms with Crippen LogP contribution < -0.4 is 0 Å². The fraction of sp³-hybridized carbons (Fsp3) is 0.182. The first-order valence-corrected chi connectivity index (χ1v) is 4.48. The van der Waals surface area contributed by atoms with Gasteiger partial charge in [-0.2, -0.15) is 0 Å². The molecule has 1 aromatic heterocycles. The van der Waals surface area contributed by atoms with Crippen LogP contribution >= 0.6 is 0 Å². The van der Waals surface area contributed by atoms with Gasteiger partial charge in [-0.3, -0.25) is 0 Å². The van der Waals surface area contributed by atoms with Crippen molar-refractivity contribution in [3.63, 3.8) is 0 Å². The maximum Gasteiger partial charge on any atom is 0.272 e. The second-order valence-electron chi connectivity index (χ2n) is 3.04. The molecule has 1 heterocycles. The predicted molar refractivity (Wildman–Crippen MR) is 53.4 cm³/mol. The number of aromatic carboxylic acids is 1. The van der Waals surface area contributed by atoms with Crippen molar-refractivity contribution in [2.45, 2.75) is 13.5 Å². The van der Waals surface area contributed by atoms with Gasteiger partial charge in [0.25, 0.3) is 5.97 Å². The normalized spacial score (nSPS) is 9.93. The summed E-state index contributed by atoms with van der Waals surface area (Å²) in [5.41, 5.74) is 1.15. The molecule has 0 spiro atoms. The molecule has 0 aliphatic carbocycles.